The van der Waals surface area contributed by atoms with Gasteiger partial charge in [0.05, 0.1) is 11.6 Å². The number of aromatic nitrogens is 1. The second-order valence-corrected chi connectivity index (χ2v) is 3.99. The Bertz CT molecular complexity index is 592. The minimum absolute atomic E-state index is 0.0341. The number of pyridine rings is 1. The minimum Gasteiger partial charge on any atom is -0.478 e. The third-order valence-electron chi connectivity index (χ3n) is 2.60. The lowest BCUT2D eigenvalue weighted by Crippen LogP contribution is -2.26. The van der Waals surface area contributed by atoms with Crippen LogP contribution in [-0.4, -0.2) is 22.0 Å². The first-order chi connectivity index (χ1) is 9.08. The average molecular weight is 260 g/mol. The van der Waals surface area contributed by atoms with E-state index in [0.717, 1.165) is 11.8 Å². The molecule has 6 heteroatoms. The molecule has 19 heavy (non-hydrogen) atoms. The van der Waals surface area contributed by atoms with Crippen LogP contribution in [0, 0.1) is 0 Å². The lowest BCUT2D eigenvalue weighted by molar-refractivity contribution is 0.0695. The predicted molar refractivity (Wildman–Crippen MR) is 65.8 cm³/mol. The van der Waals surface area contributed by atoms with E-state index < -0.39 is 11.9 Å². The summed E-state index contributed by atoms with van der Waals surface area (Å²) in [7, 11) is 0. The first-order valence-corrected chi connectivity index (χ1v) is 5.60. The second-order valence-electron chi connectivity index (χ2n) is 3.99. The molecule has 0 aliphatic heterocycles. The third kappa shape index (κ3) is 2.98. The van der Waals surface area contributed by atoms with Crippen molar-refractivity contribution in [1.29, 1.82) is 0 Å². The Morgan fingerprint density at radius 1 is 1.47 bits per heavy atom. The van der Waals surface area contributed by atoms with Crippen molar-refractivity contribution in [2.75, 3.05) is 0 Å². The normalized spacial score (nSPS) is 11.8. The maximum absolute atomic E-state index is 11.8. The van der Waals surface area contributed by atoms with Crippen molar-refractivity contribution in [3.63, 3.8) is 0 Å². The highest BCUT2D eigenvalue weighted by molar-refractivity contribution is 5.95. The molecule has 1 amide bonds. The van der Waals surface area contributed by atoms with Gasteiger partial charge in [-0.05, 0) is 18.6 Å². The number of nitrogens with one attached hydrogen (secondary N) is 1. The standard InChI is InChI=1S/C13H12N2O4/c1-8(9-3-2-4-14-6-9)15-12(16)11-5-10(7-19-11)13(17)18/h2-8H,1H3,(H,15,16)(H,17,18). The Balaban J connectivity index is 2.06. The minimum atomic E-state index is -1.14. The first-order valence-electron chi connectivity index (χ1n) is 5.60. The van der Waals surface area contributed by atoms with Gasteiger partial charge in [-0.1, -0.05) is 6.07 Å². The van der Waals surface area contributed by atoms with E-state index in [1.807, 2.05) is 6.07 Å². The van der Waals surface area contributed by atoms with Gasteiger partial charge < -0.3 is 14.8 Å². The van der Waals surface area contributed by atoms with Crippen LogP contribution in [0.1, 0.15) is 39.4 Å². The van der Waals surface area contributed by atoms with Gasteiger partial charge in [-0.3, -0.25) is 9.78 Å². The molecule has 0 radical (unpaired) electrons. The summed E-state index contributed by atoms with van der Waals surface area (Å²) in [5, 5.41) is 11.4. The summed E-state index contributed by atoms with van der Waals surface area (Å²) >= 11 is 0. The summed E-state index contributed by atoms with van der Waals surface area (Å²) in [6, 6.07) is 4.55. The number of aromatic carboxylic acids is 1. The molecule has 0 saturated carbocycles. The molecule has 0 spiro atoms. The van der Waals surface area contributed by atoms with E-state index in [-0.39, 0.29) is 17.4 Å². The van der Waals surface area contributed by atoms with E-state index >= 15 is 0 Å². The van der Waals surface area contributed by atoms with Gasteiger partial charge in [0.1, 0.15) is 6.26 Å². The average Bonchev–Trinajstić information content (AvgIpc) is 2.89. The van der Waals surface area contributed by atoms with Gasteiger partial charge in [0.15, 0.2) is 5.76 Å². The Morgan fingerprint density at radius 3 is 2.84 bits per heavy atom. The number of carbonyl (C=O) groups excluding carboxylic acids is 1. The molecular weight excluding hydrogens is 248 g/mol. The maximum atomic E-state index is 11.8. The molecule has 0 bridgehead atoms. The lowest BCUT2D eigenvalue weighted by atomic mass is 10.1. The van der Waals surface area contributed by atoms with Gasteiger partial charge in [0.2, 0.25) is 0 Å². The van der Waals surface area contributed by atoms with Gasteiger partial charge >= 0.3 is 5.97 Å². The molecule has 2 heterocycles. The fourth-order valence-corrected chi connectivity index (χ4v) is 1.55. The second kappa shape index (κ2) is 5.34. The van der Waals surface area contributed by atoms with E-state index in [0.29, 0.717) is 0 Å². The fourth-order valence-electron chi connectivity index (χ4n) is 1.55. The van der Waals surface area contributed by atoms with Crippen LogP contribution in [0.15, 0.2) is 41.3 Å². The van der Waals surface area contributed by atoms with E-state index in [1.165, 1.54) is 6.07 Å². The van der Waals surface area contributed by atoms with Crippen molar-refractivity contribution in [3.05, 3.63) is 53.7 Å². The number of carboxylic acid groups (broad SMARTS) is 1. The van der Waals surface area contributed by atoms with Gasteiger partial charge in [0.25, 0.3) is 5.91 Å². The molecule has 0 aliphatic rings. The number of hydrogen-bond acceptors (Lipinski definition) is 4. The Labute approximate surface area is 109 Å². The fraction of sp³-hybridized carbons (Fsp3) is 0.154. The van der Waals surface area contributed by atoms with Gasteiger partial charge in [-0.2, -0.15) is 0 Å². The number of carbonyl (C=O) groups is 2. The number of nitrogens with zero attached hydrogens (tertiary/aromatic N) is 1. The number of rotatable bonds is 4. The van der Waals surface area contributed by atoms with Gasteiger partial charge in [-0.15, -0.1) is 0 Å². The molecule has 2 aromatic rings. The molecule has 1 unspecified atom stereocenters. The van der Waals surface area contributed by atoms with E-state index in [2.05, 4.69) is 10.3 Å². The Morgan fingerprint density at radius 2 is 2.26 bits per heavy atom. The van der Waals surface area contributed by atoms with Crippen molar-refractivity contribution in [2.45, 2.75) is 13.0 Å². The topological polar surface area (TPSA) is 92.4 Å². The summed E-state index contributed by atoms with van der Waals surface area (Å²) in [4.78, 5) is 26.5. The van der Waals surface area contributed by atoms with E-state index in [1.54, 1.807) is 25.4 Å². The Hall–Kier alpha value is -2.63. The van der Waals surface area contributed by atoms with Crippen LogP contribution in [0.25, 0.3) is 0 Å². The van der Waals surface area contributed by atoms with Crippen LogP contribution in [0.3, 0.4) is 0 Å². The predicted octanol–water partition coefficient (Wildman–Crippen LogP) is 1.86. The molecule has 1 atom stereocenters. The molecule has 2 N–H and O–H groups in total. The smallest absolute Gasteiger partial charge is 0.338 e. The highest BCUT2D eigenvalue weighted by Gasteiger charge is 2.17. The van der Waals surface area contributed by atoms with Crippen LogP contribution >= 0.6 is 0 Å². The molecule has 6 nitrogen and oxygen atoms in total. The zero-order chi connectivity index (χ0) is 13.8. The molecular formula is C13H12N2O4. The number of hydrogen-bond donors (Lipinski definition) is 2. The molecule has 0 aromatic carbocycles. The number of carboxylic acids is 1. The molecule has 2 rings (SSSR count). The number of amides is 1. The van der Waals surface area contributed by atoms with Gasteiger partial charge in [0, 0.05) is 18.5 Å². The van der Waals surface area contributed by atoms with Crippen LogP contribution < -0.4 is 5.32 Å². The summed E-state index contributed by atoms with van der Waals surface area (Å²) in [6.45, 7) is 1.80. The van der Waals surface area contributed by atoms with E-state index in [4.69, 9.17) is 9.52 Å². The largest absolute Gasteiger partial charge is 0.478 e. The highest BCUT2D eigenvalue weighted by atomic mass is 16.4. The van der Waals surface area contributed by atoms with Crippen LogP contribution in [0.2, 0.25) is 0 Å². The molecule has 0 fully saturated rings. The van der Waals surface area contributed by atoms with Crippen molar-refractivity contribution >= 4 is 11.9 Å². The van der Waals surface area contributed by atoms with Crippen molar-refractivity contribution in [1.82, 2.24) is 10.3 Å². The SMILES string of the molecule is CC(NC(=O)c1cc(C(=O)O)co1)c1cccnc1. The summed E-state index contributed by atoms with van der Waals surface area (Å²) in [6.07, 6.45) is 4.32. The quantitative estimate of drug-likeness (QED) is 0.875. The molecule has 0 aliphatic carbocycles. The Kier molecular flexibility index (Phi) is 3.61. The van der Waals surface area contributed by atoms with Crippen LogP contribution in [-0.2, 0) is 0 Å². The van der Waals surface area contributed by atoms with Crippen molar-refractivity contribution in [2.24, 2.45) is 0 Å². The molecule has 2 aromatic heterocycles. The summed E-state index contributed by atoms with van der Waals surface area (Å²) < 4.78 is 4.92. The maximum Gasteiger partial charge on any atom is 0.338 e. The monoisotopic (exact) mass is 260 g/mol. The first kappa shape index (κ1) is 12.8. The zero-order valence-electron chi connectivity index (χ0n) is 10.2. The zero-order valence-corrected chi connectivity index (χ0v) is 10.2. The van der Waals surface area contributed by atoms with Crippen LogP contribution in [0.5, 0.6) is 0 Å². The van der Waals surface area contributed by atoms with E-state index in [9.17, 15) is 9.59 Å². The van der Waals surface area contributed by atoms with Gasteiger partial charge in [-0.25, -0.2) is 4.79 Å². The number of furan rings is 1. The highest BCUT2D eigenvalue weighted by Crippen LogP contribution is 2.13. The van der Waals surface area contributed by atoms with Crippen LogP contribution in [0.4, 0.5) is 0 Å². The summed E-state index contributed by atoms with van der Waals surface area (Å²) in [5.41, 5.74) is 0.792. The van der Waals surface area contributed by atoms with Crippen molar-refractivity contribution in [3.8, 4) is 0 Å². The molecule has 0 saturated heterocycles. The molecule has 98 valence electrons. The lowest BCUT2D eigenvalue weighted by Gasteiger charge is -2.12. The van der Waals surface area contributed by atoms with Crippen molar-refractivity contribution < 1.29 is 19.1 Å². The third-order valence-corrected chi connectivity index (χ3v) is 2.60. The summed E-state index contributed by atoms with van der Waals surface area (Å²) in [5.74, 6) is -1.64.